The lowest BCUT2D eigenvalue weighted by molar-refractivity contribution is -0.186. The number of methoxy groups -OCH3 is 2. The standard InChI is InChI=1S/C19H24O8/c1-5-7-8-10-18-11-9-12(20)19(27-18,17(23)26-6-2)14(16(22)25-4)13(18)15(21)24-3/h8,10H,5-7,9,11H2,1-4H3/b10-8+/t18-,19+/m1/s1. The van der Waals surface area contributed by atoms with Gasteiger partial charge in [-0.15, -0.1) is 0 Å². The molecule has 0 aliphatic carbocycles. The fourth-order valence-electron chi connectivity index (χ4n) is 3.47. The minimum Gasteiger partial charge on any atom is -0.466 e. The summed E-state index contributed by atoms with van der Waals surface area (Å²) in [4.78, 5) is 50.7. The second-order valence-corrected chi connectivity index (χ2v) is 6.24. The van der Waals surface area contributed by atoms with Gasteiger partial charge in [0.05, 0.1) is 26.4 Å². The van der Waals surface area contributed by atoms with Crippen LogP contribution in [0.1, 0.15) is 39.5 Å². The van der Waals surface area contributed by atoms with Crippen molar-refractivity contribution in [1.82, 2.24) is 0 Å². The summed E-state index contributed by atoms with van der Waals surface area (Å²) in [5.74, 6) is -3.57. The van der Waals surface area contributed by atoms with Crippen LogP contribution in [0, 0.1) is 0 Å². The van der Waals surface area contributed by atoms with Crippen LogP contribution < -0.4 is 0 Å². The lowest BCUT2D eigenvalue weighted by Crippen LogP contribution is -2.56. The molecule has 148 valence electrons. The van der Waals surface area contributed by atoms with Crippen molar-refractivity contribution >= 4 is 23.7 Å². The van der Waals surface area contributed by atoms with Crippen LogP contribution in [0.15, 0.2) is 23.3 Å². The highest BCUT2D eigenvalue weighted by Gasteiger charge is 2.69. The van der Waals surface area contributed by atoms with Gasteiger partial charge in [0.1, 0.15) is 11.2 Å². The second-order valence-electron chi connectivity index (χ2n) is 6.24. The first kappa shape index (κ1) is 20.8. The molecule has 1 saturated heterocycles. The van der Waals surface area contributed by atoms with Crippen LogP contribution in [0.25, 0.3) is 0 Å². The van der Waals surface area contributed by atoms with E-state index in [1.54, 1.807) is 19.1 Å². The maximum atomic E-state index is 12.8. The third-order valence-electron chi connectivity index (χ3n) is 4.66. The van der Waals surface area contributed by atoms with Crippen LogP contribution in [0.5, 0.6) is 0 Å². The highest BCUT2D eigenvalue weighted by molar-refractivity contribution is 6.22. The molecular formula is C19H24O8. The van der Waals surface area contributed by atoms with Gasteiger partial charge in [-0.05, 0) is 19.8 Å². The number of ether oxygens (including phenoxy) is 4. The first-order valence-corrected chi connectivity index (χ1v) is 8.84. The molecule has 2 bridgehead atoms. The molecule has 27 heavy (non-hydrogen) atoms. The molecule has 0 aromatic carbocycles. The quantitative estimate of drug-likeness (QED) is 0.283. The summed E-state index contributed by atoms with van der Waals surface area (Å²) in [6.07, 6.45) is 4.95. The average Bonchev–Trinajstić information content (AvgIpc) is 2.92. The van der Waals surface area contributed by atoms with E-state index in [-0.39, 0.29) is 25.0 Å². The number of ketones is 1. The smallest absolute Gasteiger partial charge is 0.351 e. The largest absolute Gasteiger partial charge is 0.466 e. The number of carbonyl (C=O) groups excluding carboxylic acids is 4. The molecule has 0 amide bonds. The van der Waals surface area contributed by atoms with Crippen LogP contribution >= 0.6 is 0 Å². The zero-order valence-corrected chi connectivity index (χ0v) is 16.0. The Balaban J connectivity index is 2.80. The maximum Gasteiger partial charge on any atom is 0.351 e. The monoisotopic (exact) mass is 380 g/mol. The third-order valence-corrected chi connectivity index (χ3v) is 4.66. The molecule has 0 N–H and O–H groups in total. The normalized spacial score (nSPS) is 27.0. The van der Waals surface area contributed by atoms with Crippen LogP contribution in [-0.2, 0) is 38.1 Å². The molecule has 2 atom stereocenters. The summed E-state index contributed by atoms with van der Waals surface area (Å²) in [6, 6.07) is 0. The van der Waals surface area contributed by atoms with Gasteiger partial charge in [0.15, 0.2) is 5.78 Å². The maximum absolute atomic E-state index is 12.8. The Hall–Kier alpha value is -2.48. The number of Topliss-reactive ketones (excluding diaryl/α,β-unsaturated/α-hetero) is 1. The molecule has 2 aliphatic rings. The van der Waals surface area contributed by atoms with Crippen molar-refractivity contribution in [2.75, 3.05) is 20.8 Å². The minimum absolute atomic E-state index is 0.0299. The topological polar surface area (TPSA) is 105 Å². The van der Waals surface area contributed by atoms with E-state index in [0.717, 1.165) is 20.6 Å². The molecule has 2 heterocycles. The number of hydrogen-bond acceptors (Lipinski definition) is 8. The zero-order chi connectivity index (χ0) is 20.2. The van der Waals surface area contributed by atoms with Crippen molar-refractivity contribution < 1.29 is 38.1 Å². The van der Waals surface area contributed by atoms with Gasteiger partial charge in [0.25, 0.3) is 5.60 Å². The van der Waals surface area contributed by atoms with Crippen LogP contribution in [0.4, 0.5) is 0 Å². The molecule has 0 aromatic rings. The van der Waals surface area contributed by atoms with E-state index in [0.29, 0.717) is 6.42 Å². The van der Waals surface area contributed by atoms with Crippen molar-refractivity contribution in [3.05, 3.63) is 23.3 Å². The van der Waals surface area contributed by atoms with Crippen molar-refractivity contribution in [3.63, 3.8) is 0 Å². The Bertz CT molecular complexity index is 719. The Morgan fingerprint density at radius 1 is 1.11 bits per heavy atom. The van der Waals surface area contributed by atoms with Gasteiger partial charge < -0.3 is 18.9 Å². The molecule has 8 nitrogen and oxygen atoms in total. The Morgan fingerprint density at radius 3 is 2.30 bits per heavy atom. The second kappa shape index (κ2) is 8.04. The summed E-state index contributed by atoms with van der Waals surface area (Å²) in [6.45, 7) is 3.51. The Kier molecular flexibility index (Phi) is 6.20. The van der Waals surface area contributed by atoms with Gasteiger partial charge in [0, 0.05) is 6.42 Å². The Labute approximate surface area is 157 Å². The summed E-state index contributed by atoms with van der Waals surface area (Å²) in [5.41, 5.74) is -4.42. The molecule has 2 rings (SSSR count). The van der Waals surface area contributed by atoms with E-state index in [1.807, 2.05) is 6.92 Å². The lowest BCUT2D eigenvalue weighted by Gasteiger charge is -2.37. The summed E-state index contributed by atoms with van der Waals surface area (Å²) < 4.78 is 20.6. The van der Waals surface area contributed by atoms with Gasteiger partial charge >= 0.3 is 17.9 Å². The van der Waals surface area contributed by atoms with E-state index in [9.17, 15) is 19.2 Å². The molecule has 0 unspecified atom stereocenters. The van der Waals surface area contributed by atoms with Gasteiger partial charge in [-0.3, -0.25) is 4.79 Å². The predicted molar refractivity (Wildman–Crippen MR) is 92.5 cm³/mol. The average molecular weight is 380 g/mol. The Morgan fingerprint density at radius 2 is 1.74 bits per heavy atom. The molecule has 0 spiro atoms. The molecule has 0 saturated carbocycles. The third kappa shape index (κ3) is 3.18. The van der Waals surface area contributed by atoms with E-state index in [1.165, 1.54) is 0 Å². The van der Waals surface area contributed by atoms with Crippen LogP contribution in [-0.4, -0.2) is 55.7 Å². The van der Waals surface area contributed by atoms with E-state index in [2.05, 4.69) is 0 Å². The van der Waals surface area contributed by atoms with E-state index >= 15 is 0 Å². The molecule has 8 heteroatoms. The minimum atomic E-state index is -2.33. The van der Waals surface area contributed by atoms with Gasteiger partial charge in [-0.2, -0.15) is 0 Å². The van der Waals surface area contributed by atoms with Crippen LogP contribution in [0.2, 0.25) is 0 Å². The SMILES string of the molecule is CCC/C=C/[C@]12CCC(=O)[C@](C(=O)OCC)(O1)C(C(=O)OC)=C2C(=O)OC. The molecular weight excluding hydrogens is 356 g/mol. The van der Waals surface area contributed by atoms with E-state index < -0.39 is 40.5 Å². The van der Waals surface area contributed by atoms with Crippen molar-refractivity contribution in [2.24, 2.45) is 0 Å². The van der Waals surface area contributed by atoms with Gasteiger partial charge in [0.2, 0.25) is 0 Å². The number of allylic oxidation sites excluding steroid dienone is 1. The summed E-state index contributed by atoms with van der Waals surface area (Å²) in [5, 5.41) is 0. The number of esters is 3. The predicted octanol–water partition coefficient (Wildman–Crippen LogP) is 1.42. The van der Waals surface area contributed by atoms with E-state index in [4.69, 9.17) is 18.9 Å². The number of rotatable bonds is 7. The first-order chi connectivity index (χ1) is 12.8. The first-order valence-electron chi connectivity index (χ1n) is 8.84. The van der Waals surface area contributed by atoms with Gasteiger partial charge in [-0.25, -0.2) is 14.4 Å². The zero-order valence-electron chi connectivity index (χ0n) is 16.0. The molecule has 0 aromatic heterocycles. The summed E-state index contributed by atoms with van der Waals surface area (Å²) in [7, 11) is 2.24. The number of hydrogen-bond donors (Lipinski definition) is 0. The number of carbonyl (C=O) groups is 4. The fourth-order valence-corrected chi connectivity index (χ4v) is 3.47. The fraction of sp³-hybridized carbons (Fsp3) is 0.579. The molecule has 1 fully saturated rings. The van der Waals surface area contributed by atoms with Crippen molar-refractivity contribution in [2.45, 2.75) is 50.7 Å². The number of fused-ring (bicyclic) bond motifs is 2. The summed E-state index contributed by atoms with van der Waals surface area (Å²) >= 11 is 0. The van der Waals surface area contributed by atoms with Crippen LogP contribution in [0.3, 0.4) is 0 Å². The number of unbranched alkanes of at least 4 members (excludes halogenated alkanes) is 1. The molecule has 0 radical (unpaired) electrons. The van der Waals surface area contributed by atoms with Crippen molar-refractivity contribution in [1.29, 1.82) is 0 Å². The lowest BCUT2D eigenvalue weighted by atomic mass is 9.86. The van der Waals surface area contributed by atoms with Gasteiger partial charge in [-0.1, -0.05) is 25.5 Å². The highest BCUT2D eigenvalue weighted by Crippen LogP contribution is 2.52. The highest BCUT2D eigenvalue weighted by atomic mass is 16.6. The molecule has 2 aliphatic heterocycles. The van der Waals surface area contributed by atoms with Crippen molar-refractivity contribution in [3.8, 4) is 0 Å².